The average molecular weight is 398 g/mol. The summed E-state index contributed by atoms with van der Waals surface area (Å²) in [6.45, 7) is 10.6. The summed E-state index contributed by atoms with van der Waals surface area (Å²) in [5.41, 5.74) is 3.15. The van der Waals surface area contributed by atoms with Crippen molar-refractivity contribution in [2.75, 3.05) is 37.9 Å². The summed E-state index contributed by atoms with van der Waals surface area (Å²) in [6.07, 6.45) is 2.87. The Hall–Kier alpha value is -2.80. The molecular formula is C22H31N5O2. The highest BCUT2D eigenvalue weighted by atomic mass is 16.5. The van der Waals surface area contributed by atoms with Crippen LogP contribution in [-0.4, -0.2) is 47.7 Å². The first-order chi connectivity index (χ1) is 13.8. The maximum absolute atomic E-state index is 6.01. The van der Waals surface area contributed by atoms with Crippen LogP contribution < -0.4 is 20.1 Å². The molecule has 1 aromatic heterocycles. The van der Waals surface area contributed by atoms with Crippen LogP contribution in [0.3, 0.4) is 0 Å². The van der Waals surface area contributed by atoms with E-state index in [0.717, 1.165) is 36.7 Å². The minimum absolute atomic E-state index is 0.164. The summed E-state index contributed by atoms with van der Waals surface area (Å²) >= 11 is 0. The van der Waals surface area contributed by atoms with E-state index in [0.29, 0.717) is 17.4 Å². The number of aryl methyl sites for hydroxylation is 1. The average Bonchev–Trinajstić information content (AvgIpc) is 3.15. The fourth-order valence-corrected chi connectivity index (χ4v) is 3.23. The smallest absolute Gasteiger partial charge is 0.229 e. The van der Waals surface area contributed by atoms with Gasteiger partial charge < -0.3 is 20.1 Å². The van der Waals surface area contributed by atoms with Crippen molar-refractivity contribution in [1.29, 1.82) is 0 Å². The van der Waals surface area contributed by atoms with Gasteiger partial charge in [-0.15, -0.1) is 0 Å². The van der Waals surface area contributed by atoms with Gasteiger partial charge in [0.1, 0.15) is 5.82 Å². The molecule has 7 heteroatoms. The minimum Gasteiger partial charge on any atom is -0.493 e. The standard InChI is InChI=1S/C22H31N5O2/c1-15-11-20(23-5)26-21(24-15)25-17-7-8-18(28-6)19(12-17)29-14-16-9-10-27(13-16)22(2,3)4/h7-8,11-12,14H,9-10,13H2,1-6H3,(H2,23,24,25,26)/b16-14+. The highest BCUT2D eigenvalue weighted by Gasteiger charge is 2.27. The van der Waals surface area contributed by atoms with Gasteiger partial charge in [0, 0.05) is 49.2 Å². The summed E-state index contributed by atoms with van der Waals surface area (Å²) in [6, 6.07) is 7.58. The molecule has 1 aromatic carbocycles. The maximum atomic E-state index is 6.01. The molecule has 0 aliphatic carbocycles. The van der Waals surface area contributed by atoms with Gasteiger partial charge in [-0.25, -0.2) is 4.98 Å². The van der Waals surface area contributed by atoms with Crippen molar-refractivity contribution < 1.29 is 9.47 Å². The van der Waals surface area contributed by atoms with Gasteiger partial charge >= 0.3 is 0 Å². The van der Waals surface area contributed by atoms with Crippen LogP contribution >= 0.6 is 0 Å². The lowest BCUT2D eigenvalue weighted by Gasteiger charge is -2.30. The molecular weight excluding hydrogens is 366 g/mol. The zero-order chi connectivity index (χ0) is 21.0. The molecule has 2 aromatic rings. The number of nitrogens with one attached hydrogen (secondary N) is 2. The fraction of sp³-hybridized carbons (Fsp3) is 0.455. The Bertz CT molecular complexity index is 889. The van der Waals surface area contributed by atoms with Gasteiger partial charge in [-0.2, -0.15) is 4.98 Å². The molecule has 1 aliphatic heterocycles. The molecule has 1 saturated heterocycles. The highest BCUT2D eigenvalue weighted by molar-refractivity contribution is 5.60. The van der Waals surface area contributed by atoms with Crippen LogP contribution in [0.2, 0.25) is 0 Å². The van der Waals surface area contributed by atoms with Gasteiger partial charge in [-0.3, -0.25) is 4.90 Å². The topological polar surface area (TPSA) is 71.5 Å². The SMILES string of the molecule is CNc1cc(C)nc(Nc2ccc(OC)c(O/C=C3\CCN(C(C)(C)C)C3)c2)n1. The van der Waals surface area contributed by atoms with Crippen LogP contribution in [0.25, 0.3) is 0 Å². The number of anilines is 3. The van der Waals surface area contributed by atoms with Crippen molar-refractivity contribution in [2.24, 2.45) is 0 Å². The van der Waals surface area contributed by atoms with E-state index in [1.54, 1.807) is 7.11 Å². The zero-order valence-corrected chi connectivity index (χ0v) is 18.2. The van der Waals surface area contributed by atoms with Crippen LogP contribution in [0, 0.1) is 6.92 Å². The monoisotopic (exact) mass is 397 g/mol. The highest BCUT2D eigenvalue weighted by Crippen LogP contribution is 2.32. The number of nitrogens with zero attached hydrogens (tertiary/aromatic N) is 3. The summed E-state index contributed by atoms with van der Waals surface area (Å²) in [7, 11) is 3.48. The lowest BCUT2D eigenvalue weighted by atomic mass is 10.1. The lowest BCUT2D eigenvalue weighted by molar-refractivity contribution is 0.179. The van der Waals surface area contributed by atoms with Crippen LogP contribution in [0.4, 0.5) is 17.5 Å². The Morgan fingerprint density at radius 3 is 2.59 bits per heavy atom. The third-order valence-corrected chi connectivity index (χ3v) is 4.93. The Morgan fingerprint density at radius 1 is 1.14 bits per heavy atom. The van der Waals surface area contributed by atoms with Gasteiger partial charge in [0.25, 0.3) is 0 Å². The van der Waals surface area contributed by atoms with Gasteiger partial charge in [0.05, 0.1) is 13.4 Å². The van der Waals surface area contributed by atoms with Crippen molar-refractivity contribution in [3.8, 4) is 11.5 Å². The quantitative estimate of drug-likeness (QED) is 0.702. The van der Waals surface area contributed by atoms with E-state index in [4.69, 9.17) is 9.47 Å². The van der Waals surface area contributed by atoms with Gasteiger partial charge in [0.2, 0.25) is 5.95 Å². The lowest BCUT2D eigenvalue weighted by Crippen LogP contribution is -2.38. The van der Waals surface area contributed by atoms with E-state index < -0.39 is 0 Å². The van der Waals surface area contributed by atoms with Crippen molar-refractivity contribution in [1.82, 2.24) is 14.9 Å². The molecule has 0 radical (unpaired) electrons. The van der Waals surface area contributed by atoms with Crippen LogP contribution in [0.5, 0.6) is 11.5 Å². The molecule has 1 aliphatic rings. The van der Waals surface area contributed by atoms with Gasteiger partial charge in [-0.05, 0) is 51.8 Å². The molecule has 156 valence electrons. The van der Waals surface area contributed by atoms with Crippen molar-refractivity contribution in [3.63, 3.8) is 0 Å². The third kappa shape index (κ3) is 5.38. The van der Waals surface area contributed by atoms with Crippen molar-refractivity contribution >= 4 is 17.5 Å². The summed E-state index contributed by atoms with van der Waals surface area (Å²) in [5.74, 6) is 2.62. The van der Waals surface area contributed by atoms with E-state index in [1.165, 1.54) is 5.57 Å². The molecule has 0 spiro atoms. The number of likely N-dealkylation sites (tertiary alicyclic amines) is 1. The summed E-state index contributed by atoms with van der Waals surface area (Å²) in [5, 5.41) is 6.28. The molecule has 3 rings (SSSR count). The first-order valence-corrected chi connectivity index (χ1v) is 9.86. The van der Waals surface area contributed by atoms with E-state index >= 15 is 0 Å². The zero-order valence-electron chi connectivity index (χ0n) is 18.2. The normalized spacial score (nSPS) is 16.1. The van der Waals surface area contributed by atoms with E-state index in [-0.39, 0.29) is 5.54 Å². The van der Waals surface area contributed by atoms with Crippen LogP contribution in [-0.2, 0) is 0 Å². The largest absolute Gasteiger partial charge is 0.493 e. The molecule has 2 heterocycles. The Morgan fingerprint density at radius 2 is 1.93 bits per heavy atom. The number of ether oxygens (including phenoxy) is 2. The predicted octanol–water partition coefficient (Wildman–Crippen LogP) is 4.35. The molecule has 0 bridgehead atoms. The Kier molecular flexibility index (Phi) is 6.27. The minimum atomic E-state index is 0.164. The van der Waals surface area contributed by atoms with Crippen molar-refractivity contribution in [3.05, 3.63) is 41.8 Å². The second kappa shape index (κ2) is 8.69. The molecule has 0 unspecified atom stereocenters. The van der Waals surface area contributed by atoms with Crippen LogP contribution in [0.15, 0.2) is 36.1 Å². The number of aromatic nitrogens is 2. The molecule has 1 fully saturated rings. The predicted molar refractivity (Wildman–Crippen MR) is 117 cm³/mol. The molecule has 7 nitrogen and oxygen atoms in total. The van der Waals surface area contributed by atoms with E-state index in [9.17, 15) is 0 Å². The number of hydrogen-bond donors (Lipinski definition) is 2. The second-order valence-corrected chi connectivity index (χ2v) is 8.20. The maximum Gasteiger partial charge on any atom is 0.229 e. The summed E-state index contributed by atoms with van der Waals surface area (Å²) < 4.78 is 11.5. The third-order valence-electron chi connectivity index (χ3n) is 4.93. The number of benzene rings is 1. The Balaban J connectivity index is 1.76. The second-order valence-electron chi connectivity index (χ2n) is 8.20. The summed E-state index contributed by atoms with van der Waals surface area (Å²) in [4.78, 5) is 11.3. The molecule has 2 N–H and O–H groups in total. The van der Waals surface area contributed by atoms with Gasteiger partial charge in [0.15, 0.2) is 11.5 Å². The first-order valence-electron chi connectivity index (χ1n) is 9.86. The van der Waals surface area contributed by atoms with Gasteiger partial charge in [-0.1, -0.05) is 0 Å². The molecule has 29 heavy (non-hydrogen) atoms. The molecule has 0 atom stereocenters. The number of rotatable bonds is 6. The first kappa shape index (κ1) is 20.9. The van der Waals surface area contributed by atoms with E-state index in [2.05, 4.69) is 46.3 Å². The Labute approximate surface area is 173 Å². The van der Waals surface area contributed by atoms with Crippen LogP contribution in [0.1, 0.15) is 32.9 Å². The number of hydrogen-bond acceptors (Lipinski definition) is 7. The van der Waals surface area contributed by atoms with E-state index in [1.807, 2.05) is 44.5 Å². The number of methoxy groups -OCH3 is 1. The molecule has 0 amide bonds. The molecule has 0 saturated carbocycles. The van der Waals surface area contributed by atoms with Crippen molar-refractivity contribution in [2.45, 2.75) is 39.7 Å². The fourth-order valence-electron chi connectivity index (χ4n) is 3.23.